The fourth-order valence-electron chi connectivity index (χ4n) is 4.67. The van der Waals surface area contributed by atoms with Crippen LogP contribution in [0.2, 0.25) is 5.02 Å². The third-order valence-electron chi connectivity index (χ3n) is 6.69. The second-order valence-electron chi connectivity index (χ2n) is 9.41. The van der Waals surface area contributed by atoms with Gasteiger partial charge in [0.1, 0.15) is 18.9 Å². The first kappa shape index (κ1) is 26.9. The van der Waals surface area contributed by atoms with Gasteiger partial charge in [0.2, 0.25) is 11.9 Å². The fraction of sp³-hybridized carbons (Fsp3) is 0.357. The molecular weight excluding hydrogens is 522 g/mol. The maximum Gasteiger partial charge on any atom is 0.254 e. The number of carbonyl (C=O) groups is 2. The Balaban J connectivity index is 1.23. The molecule has 0 spiro atoms. The normalized spacial score (nSPS) is 15.2. The standard InChI is InChI=1S/C28H30ClN5O5/c29-23-15-31-28(32-21-7-10-38-11-8-21)33-26(23)18-5-6-20-16-34(27(37)22(20)13-18)17-25(36)30-14-19-3-1-2-4-24(19)39-12-9-35/h1-6,13,15,21,35H,7-12,14,16-17H2,(H,30,36)(H,31,32,33). The Kier molecular flexibility index (Phi) is 8.55. The second kappa shape index (κ2) is 12.4. The van der Waals surface area contributed by atoms with Crippen molar-refractivity contribution in [1.29, 1.82) is 0 Å². The van der Waals surface area contributed by atoms with Crippen LogP contribution in [-0.4, -0.2) is 70.8 Å². The second-order valence-corrected chi connectivity index (χ2v) is 9.82. The van der Waals surface area contributed by atoms with Crippen molar-refractivity contribution in [2.75, 3.05) is 38.3 Å². The Hall–Kier alpha value is -3.73. The number of para-hydroxylation sites is 1. The zero-order chi connectivity index (χ0) is 27.2. The van der Waals surface area contributed by atoms with E-state index in [4.69, 9.17) is 26.2 Å². The van der Waals surface area contributed by atoms with E-state index in [1.807, 2.05) is 30.3 Å². The SMILES string of the molecule is O=C(CN1Cc2ccc(-c3nc(NC4CCOCC4)ncc3Cl)cc2C1=O)NCc1ccccc1OCCO. The molecule has 11 heteroatoms. The van der Waals surface area contributed by atoms with Crippen LogP contribution in [-0.2, 0) is 22.6 Å². The number of fused-ring (bicyclic) bond motifs is 1. The van der Waals surface area contributed by atoms with Crippen LogP contribution < -0.4 is 15.4 Å². The Bertz CT molecular complexity index is 1350. The summed E-state index contributed by atoms with van der Waals surface area (Å²) in [6, 6.07) is 13.1. The maximum atomic E-state index is 13.2. The van der Waals surface area contributed by atoms with Crippen molar-refractivity contribution in [1.82, 2.24) is 20.2 Å². The topological polar surface area (TPSA) is 126 Å². The van der Waals surface area contributed by atoms with E-state index < -0.39 is 0 Å². The summed E-state index contributed by atoms with van der Waals surface area (Å²) in [6.45, 7) is 1.98. The van der Waals surface area contributed by atoms with Crippen molar-refractivity contribution in [2.45, 2.75) is 32.0 Å². The van der Waals surface area contributed by atoms with Gasteiger partial charge in [-0.2, -0.15) is 0 Å². The van der Waals surface area contributed by atoms with Crippen LogP contribution in [0.15, 0.2) is 48.7 Å². The first-order chi connectivity index (χ1) is 19.0. The molecule has 0 bridgehead atoms. The van der Waals surface area contributed by atoms with Crippen LogP contribution in [0.3, 0.4) is 0 Å². The summed E-state index contributed by atoms with van der Waals surface area (Å²) in [5.74, 6) is 0.573. The molecule has 204 valence electrons. The molecule has 0 unspecified atom stereocenters. The molecule has 1 aromatic heterocycles. The van der Waals surface area contributed by atoms with Crippen molar-refractivity contribution in [3.8, 4) is 17.0 Å². The number of hydrogen-bond acceptors (Lipinski definition) is 8. The lowest BCUT2D eigenvalue weighted by Crippen LogP contribution is -2.37. The third-order valence-corrected chi connectivity index (χ3v) is 6.97. The first-order valence-corrected chi connectivity index (χ1v) is 13.3. The predicted octanol–water partition coefficient (Wildman–Crippen LogP) is 3.03. The van der Waals surface area contributed by atoms with Crippen LogP contribution in [0.5, 0.6) is 5.75 Å². The molecule has 1 saturated heterocycles. The zero-order valence-electron chi connectivity index (χ0n) is 21.4. The molecule has 10 nitrogen and oxygen atoms in total. The molecule has 5 rings (SSSR count). The molecule has 3 heterocycles. The van der Waals surface area contributed by atoms with Gasteiger partial charge < -0.3 is 30.1 Å². The molecule has 2 amide bonds. The summed E-state index contributed by atoms with van der Waals surface area (Å²) in [4.78, 5) is 36.3. The minimum absolute atomic E-state index is 0.0735. The van der Waals surface area contributed by atoms with Gasteiger partial charge in [0.05, 0.1) is 23.5 Å². The van der Waals surface area contributed by atoms with Gasteiger partial charge in [-0.25, -0.2) is 9.97 Å². The van der Waals surface area contributed by atoms with E-state index in [-0.39, 0.29) is 44.2 Å². The molecule has 0 aliphatic carbocycles. The van der Waals surface area contributed by atoms with E-state index in [0.29, 0.717) is 53.3 Å². The lowest BCUT2D eigenvalue weighted by Gasteiger charge is -2.23. The van der Waals surface area contributed by atoms with E-state index in [2.05, 4.69) is 20.6 Å². The number of amides is 2. The van der Waals surface area contributed by atoms with Gasteiger partial charge in [-0.05, 0) is 30.5 Å². The van der Waals surface area contributed by atoms with Gasteiger partial charge in [-0.15, -0.1) is 0 Å². The number of aliphatic hydroxyl groups is 1. The van der Waals surface area contributed by atoms with E-state index >= 15 is 0 Å². The number of hydrogen-bond donors (Lipinski definition) is 3. The minimum atomic E-state index is -0.281. The number of ether oxygens (including phenoxy) is 2. The monoisotopic (exact) mass is 551 g/mol. The molecule has 0 saturated carbocycles. The quantitative estimate of drug-likeness (QED) is 0.351. The van der Waals surface area contributed by atoms with Crippen molar-refractivity contribution in [3.63, 3.8) is 0 Å². The summed E-state index contributed by atoms with van der Waals surface area (Å²) in [5, 5.41) is 15.6. The summed E-state index contributed by atoms with van der Waals surface area (Å²) < 4.78 is 10.9. The average Bonchev–Trinajstić information content (AvgIpc) is 3.26. The molecule has 3 aromatic rings. The van der Waals surface area contributed by atoms with Crippen molar-refractivity contribution in [3.05, 3.63) is 70.4 Å². The lowest BCUT2D eigenvalue weighted by molar-refractivity contribution is -0.122. The highest BCUT2D eigenvalue weighted by molar-refractivity contribution is 6.33. The van der Waals surface area contributed by atoms with Gasteiger partial charge in [-0.3, -0.25) is 9.59 Å². The van der Waals surface area contributed by atoms with Crippen LogP contribution in [0, 0.1) is 0 Å². The highest BCUT2D eigenvalue weighted by Gasteiger charge is 2.29. The smallest absolute Gasteiger partial charge is 0.254 e. The van der Waals surface area contributed by atoms with Crippen LogP contribution in [0.25, 0.3) is 11.3 Å². The summed E-state index contributed by atoms with van der Waals surface area (Å²) >= 11 is 6.44. The predicted molar refractivity (Wildman–Crippen MR) is 146 cm³/mol. The highest BCUT2D eigenvalue weighted by atomic mass is 35.5. The number of nitrogens with zero attached hydrogens (tertiary/aromatic N) is 3. The number of benzene rings is 2. The molecule has 2 aromatic carbocycles. The molecule has 3 N–H and O–H groups in total. The molecule has 1 fully saturated rings. The van der Waals surface area contributed by atoms with Crippen molar-refractivity contribution >= 4 is 29.4 Å². The van der Waals surface area contributed by atoms with Crippen LogP contribution >= 0.6 is 11.6 Å². The average molecular weight is 552 g/mol. The number of anilines is 1. The van der Waals surface area contributed by atoms with E-state index in [1.54, 1.807) is 18.3 Å². The van der Waals surface area contributed by atoms with E-state index in [0.717, 1.165) is 24.0 Å². The molecule has 0 atom stereocenters. The Morgan fingerprint density at radius 1 is 1.21 bits per heavy atom. The van der Waals surface area contributed by atoms with Gasteiger partial charge in [-0.1, -0.05) is 41.9 Å². The number of rotatable bonds is 10. The van der Waals surface area contributed by atoms with Gasteiger partial charge in [0.25, 0.3) is 5.91 Å². The molecule has 39 heavy (non-hydrogen) atoms. The summed E-state index contributed by atoms with van der Waals surface area (Å²) in [5.41, 5.74) is 3.39. The molecular formula is C28H30ClN5O5. The first-order valence-electron chi connectivity index (χ1n) is 12.9. The summed E-state index contributed by atoms with van der Waals surface area (Å²) in [6.07, 6.45) is 3.31. The highest BCUT2D eigenvalue weighted by Crippen LogP contribution is 2.31. The van der Waals surface area contributed by atoms with Crippen LogP contribution in [0.4, 0.5) is 5.95 Å². The number of aromatic nitrogens is 2. The minimum Gasteiger partial charge on any atom is -0.491 e. The lowest BCUT2D eigenvalue weighted by atomic mass is 10.0. The van der Waals surface area contributed by atoms with Gasteiger partial charge in [0.15, 0.2) is 0 Å². The zero-order valence-corrected chi connectivity index (χ0v) is 22.1. The van der Waals surface area contributed by atoms with Gasteiger partial charge >= 0.3 is 0 Å². The maximum absolute atomic E-state index is 13.2. The summed E-state index contributed by atoms with van der Waals surface area (Å²) in [7, 11) is 0. The van der Waals surface area contributed by atoms with Crippen molar-refractivity contribution < 1.29 is 24.2 Å². The number of halogens is 1. The van der Waals surface area contributed by atoms with Crippen LogP contribution in [0.1, 0.15) is 34.3 Å². The number of carbonyl (C=O) groups excluding carboxylic acids is 2. The largest absolute Gasteiger partial charge is 0.491 e. The fourth-order valence-corrected chi connectivity index (χ4v) is 4.87. The number of aliphatic hydroxyl groups excluding tert-OH is 1. The van der Waals surface area contributed by atoms with Gasteiger partial charge in [0, 0.05) is 49.0 Å². The Morgan fingerprint density at radius 3 is 2.85 bits per heavy atom. The Labute approximate surface area is 231 Å². The van der Waals surface area contributed by atoms with E-state index in [9.17, 15) is 9.59 Å². The molecule has 2 aliphatic rings. The Morgan fingerprint density at radius 2 is 2.03 bits per heavy atom. The molecule has 2 aliphatic heterocycles. The number of nitrogens with one attached hydrogen (secondary N) is 2. The van der Waals surface area contributed by atoms with E-state index in [1.165, 1.54) is 4.90 Å². The molecule has 0 radical (unpaired) electrons. The third kappa shape index (κ3) is 6.47. The van der Waals surface area contributed by atoms with Crippen molar-refractivity contribution in [2.24, 2.45) is 0 Å².